The Morgan fingerprint density at radius 3 is 2.75 bits per heavy atom. The summed E-state index contributed by atoms with van der Waals surface area (Å²) in [4.78, 5) is 11.9. The molecule has 2 aromatic rings. The zero-order valence-corrected chi connectivity index (χ0v) is 13.9. The van der Waals surface area contributed by atoms with Crippen LogP contribution in [0.2, 0.25) is 0 Å². The number of amides is 1. The first-order valence-corrected chi connectivity index (χ1v) is 8.84. The van der Waals surface area contributed by atoms with Gasteiger partial charge in [0.25, 0.3) is 0 Å². The van der Waals surface area contributed by atoms with Crippen molar-refractivity contribution < 1.29 is 18.7 Å². The van der Waals surface area contributed by atoms with Gasteiger partial charge in [-0.1, -0.05) is 30.3 Å². The molecule has 0 saturated heterocycles. The Morgan fingerprint density at radius 2 is 1.92 bits per heavy atom. The average Bonchev–Trinajstić information content (AvgIpc) is 2.61. The van der Waals surface area contributed by atoms with Gasteiger partial charge in [-0.05, 0) is 23.8 Å². The number of thioether (sulfide) groups is 1. The van der Waals surface area contributed by atoms with Gasteiger partial charge in [0.1, 0.15) is 18.5 Å². The highest BCUT2D eigenvalue weighted by Crippen LogP contribution is 2.30. The van der Waals surface area contributed by atoms with Crippen LogP contribution in [0.1, 0.15) is 5.56 Å². The molecule has 1 aliphatic heterocycles. The lowest BCUT2D eigenvalue weighted by Gasteiger charge is -2.26. The molecular formula is C18H18FNO3S. The Balaban J connectivity index is 1.38. The van der Waals surface area contributed by atoms with Crippen molar-refractivity contribution in [2.45, 2.75) is 11.9 Å². The third-order valence-electron chi connectivity index (χ3n) is 3.54. The summed E-state index contributed by atoms with van der Waals surface area (Å²) in [5.74, 6) is 1.82. The van der Waals surface area contributed by atoms with E-state index < -0.39 is 0 Å². The molecule has 0 spiro atoms. The molecule has 1 N–H and O–H groups in total. The number of benzene rings is 2. The van der Waals surface area contributed by atoms with Gasteiger partial charge >= 0.3 is 0 Å². The van der Waals surface area contributed by atoms with Crippen LogP contribution in [0.25, 0.3) is 0 Å². The number of ether oxygens (including phenoxy) is 2. The number of carbonyl (C=O) groups excluding carboxylic acids is 1. The minimum Gasteiger partial charge on any atom is -0.486 e. The summed E-state index contributed by atoms with van der Waals surface area (Å²) < 4.78 is 24.9. The molecule has 1 heterocycles. The number of carbonyl (C=O) groups is 1. The van der Waals surface area contributed by atoms with Crippen molar-refractivity contribution >= 4 is 17.7 Å². The number of nitrogens with one attached hydrogen (secondary N) is 1. The summed E-state index contributed by atoms with van der Waals surface area (Å²) in [6.07, 6.45) is -0.208. The van der Waals surface area contributed by atoms with Crippen LogP contribution in [-0.4, -0.2) is 30.9 Å². The summed E-state index contributed by atoms with van der Waals surface area (Å²) in [7, 11) is 0. The van der Waals surface area contributed by atoms with Gasteiger partial charge in [0.05, 0.1) is 12.3 Å². The van der Waals surface area contributed by atoms with Crippen molar-refractivity contribution in [3.63, 3.8) is 0 Å². The van der Waals surface area contributed by atoms with E-state index in [-0.39, 0.29) is 23.6 Å². The molecule has 24 heavy (non-hydrogen) atoms. The molecule has 3 rings (SSSR count). The fourth-order valence-corrected chi connectivity index (χ4v) is 3.16. The number of fused-ring (bicyclic) bond motifs is 1. The summed E-state index contributed by atoms with van der Waals surface area (Å²) in [5.41, 5.74) is 0.607. The van der Waals surface area contributed by atoms with Crippen molar-refractivity contribution in [3.05, 3.63) is 59.9 Å². The quantitative estimate of drug-likeness (QED) is 0.873. The van der Waals surface area contributed by atoms with E-state index in [1.54, 1.807) is 18.2 Å². The minimum absolute atomic E-state index is 0.0983. The Bertz CT molecular complexity index is 710. The predicted octanol–water partition coefficient (Wildman–Crippen LogP) is 3.02. The number of hydrogen-bond donors (Lipinski definition) is 1. The highest BCUT2D eigenvalue weighted by molar-refractivity contribution is 7.99. The normalized spacial score (nSPS) is 15.8. The van der Waals surface area contributed by atoms with Crippen LogP contribution in [0.4, 0.5) is 4.39 Å². The van der Waals surface area contributed by atoms with E-state index in [1.165, 1.54) is 17.8 Å². The molecule has 1 atom stereocenters. The van der Waals surface area contributed by atoms with Crippen LogP contribution in [-0.2, 0) is 10.5 Å². The van der Waals surface area contributed by atoms with Crippen molar-refractivity contribution in [3.8, 4) is 11.5 Å². The molecule has 0 fully saturated rings. The zero-order valence-electron chi connectivity index (χ0n) is 13.0. The molecule has 6 heteroatoms. The Kier molecular flexibility index (Phi) is 5.59. The monoisotopic (exact) mass is 347 g/mol. The SMILES string of the molecule is O=C(CSCc1ccccc1F)NC[C@@H]1COc2ccccc2O1. The predicted molar refractivity (Wildman–Crippen MR) is 91.9 cm³/mol. The van der Waals surface area contributed by atoms with Gasteiger partial charge in [-0.25, -0.2) is 4.39 Å². The van der Waals surface area contributed by atoms with E-state index in [1.807, 2.05) is 24.3 Å². The summed E-state index contributed by atoms with van der Waals surface area (Å²) in [5, 5.41) is 2.83. The molecular weight excluding hydrogens is 329 g/mol. The summed E-state index contributed by atoms with van der Waals surface area (Å²) >= 11 is 1.38. The fourth-order valence-electron chi connectivity index (χ4n) is 2.31. The van der Waals surface area contributed by atoms with Gasteiger partial charge in [-0.2, -0.15) is 0 Å². The Labute approximate surface area is 144 Å². The first kappa shape index (κ1) is 16.6. The van der Waals surface area contributed by atoms with Gasteiger partial charge in [0.2, 0.25) is 5.91 Å². The van der Waals surface area contributed by atoms with Gasteiger partial charge in [0.15, 0.2) is 11.5 Å². The Morgan fingerprint density at radius 1 is 1.17 bits per heavy atom. The maximum absolute atomic E-state index is 13.5. The first-order valence-electron chi connectivity index (χ1n) is 7.68. The molecule has 2 aromatic carbocycles. The fraction of sp³-hybridized carbons (Fsp3) is 0.278. The van der Waals surface area contributed by atoms with Crippen LogP contribution >= 0.6 is 11.8 Å². The molecule has 0 unspecified atom stereocenters. The molecule has 126 valence electrons. The van der Waals surface area contributed by atoms with E-state index >= 15 is 0 Å². The second kappa shape index (κ2) is 8.06. The van der Waals surface area contributed by atoms with E-state index in [0.29, 0.717) is 30.2 Å². The van der Waals surface area contributed by atoms with Crippen LogP contribution in [0.15, 0.2) is 48.5 Å². The lowest BCUT2D eigenvalue weighted by atomic mass is 10.2. The lowest BCUT2D eigenvalue weighted by molar-refractivity contribution is -0.119. The molecule has 1 amide bonds. The molecule has 0 saturated carbocycles. The van der Waals surface area contributed by atoms with E-state index in [4.69, 9.17) is 9.47 Å². The largest absolute Gasteiger partial charge is 0.486 e. The van der Waals surface area contributed by atoms with Crippen LogP contribution in [0.5, 0.6) is 11.5 Å². The molecule has 0 radical (unpaired) electrons. The maximum Gasteiger partial charge on any atom is 0.230 e. The molecule has 0 aliphatic carbocycles. The standard InChI is InChI=1S/C18H18FNO3S/c19-15-6-2-1-5-13(15)11-24-12-18(21)20-9-14-10-22-16-7-3-4-8-17(16)23-14/h1-8,14H,9-12H2,(H,20,21)/t14-/m1/s1. The number of hydrogen-bond acceptors (Lipinski definition) is 4. The molecule has 1 aliphatic rings. The van der Waals surface area contributed by atoms with E-state index in [0.717, 1.165) is 5.75 Å². The lowest BCUT2D eigenvalue weighted by Crippen LogP contribution is -2.41. The Hall–Kier alpha value is -2.21. The van der Waals surface area contributed by atoms with Crippen molar-refractivity contribution in [2.75, 3.05) is 18.9 Å². The van der Waals surface area contributed by atoms with Crippen LogP contribution in [0, 0.1) is 5.82 Å². The molecule has 0 aromatic heterocycles. The number of para-hydroxylation sites is 2. The van der Waals surface area contributed by atoms with Crippen molar-refractivity contribution in [1.82, 2.24) is 5.32 Å². The van der Waals surface area contributed by atoms with E-state index in [9.17, 15) is 9.18 Å². The van der Waals surface area contributed by atoms with Gasteiger partial charge in [-0.3, -0.25) is 4.79 Å². The van der Waals surface area contributed by atoms with Gasteiger partial charge < -0.3 is 14.8 Å². The molecule has 0 bridgehead atoms. The average molecular weight is 347 g/mol. The van der Waals surface area contributed by atoms with Crippen LogP contribution in [0.3, 0.4) is 0 Å². The third kappa shape index (κ3) is 4.41. The first-order chi connectivity index (χ1) is 11.7. The second-order valence-corrected chi connectivity index (χ2v) is 6.37. The highest BCUT2D eigenvalue weighted by atomic mass is 32.2. The van der Waals surface area contributed by atoms with Crippen molar-refractivity contribution in [2.24, 2.45) is 0 Å². The second-order valence-electron chi connectivity index (χ2n) is 5.39. The number of rotatable bonds is 6. The minimum atomic E-state index is -0.239. The zero-order chi connectivity index (χ0) is 16.8. The van der Waals surface area contributed by atoms with Gasteiger partial charge in [-0.15, -0.1) is 11.8 Å². The maximum atomic E-state index is 13.5. The number of halogens is 1. The van der Waals surface area contributed by atoms with Crippen molar-refractivity contribution in [1.29, 1.82) is 0 Å². The van der Waals surface area contributed by atoms with Gasteiger partial charge in [0, 0.05) is 5.75 Å². The van der Waals surface area contributed by atoms with E-state index in [2.05, 4.69) is 5.32 Å². The summed E-state index contributed by atoms with van der Waals surface area (Å²) in [6, 6.07) is 14.0. The third-order valence-corrected chi connectivity index (χ3v) is 4.52. The topological polar surface area (TPSA) is 47.6 Å². The molecule has 4 nitrogen and oxygen atoms in total. The highest BCUT2D eigenvalue weighted by Gasteiger charge is 2.20. The van der Waals surface area contributed by atoms with Crippen LogP contribution < -0.4 is 14.8 Å². The smallest absolute Gasteiger partial charge is 0.230 e. The summed E-state index contributed by atoms with van der Waals surface area (Å²) in [6.45, 7) is 0.785.